The van der Waals surface area contributed by atoms with Crippen LogP contribution in [0.3, 0.4) is 0 Å². The quantitative estimate of drug-likeness (QED) is 0.774. The molecule has 0 radical (unpaired) electrons. The van der Waals surface area contributed by atoms with Crippen molar-refractivity contribution in [3.63, 3.8) is 0 Å². The average Bonchev–Trinajstić information content (AvgIpc) is 2.85. The smallest absolute Gasteiger partial charge is 0.253 e. The third-order valence-corrected chi connectivity index (χ3v) is 3.40. The molecule has 0 unspecified atom stereocenters. The summed E-state index contributed by atoms with van der Waals surface area (Å²) < 4.78 is 3.30. The predicted molar refractivity (Wildman–Crippen MR) is 80.4 cm³/mol. The third-order valence-electron chi connectivity index (χ3n) is 3.40. The van der Waals surface area contributed by atoms with E-state index >= 15 is 0 Å². The number of rotatable bonds is 3. The zero-order chi connectivity index (χ0) is 15.0. The molecule has 0 saturated heterocycles. The van der Waals surface area contributed by atoms with E-state index < -0.39 is 0 Å². The number of aromatic nitrogens is 5. The summed E-state index contributed by atoms with van der Waals surface area (Å²) in [6.07, 6.45) is 3.47. The van der Waals surface area contributed by atoms with E-state index in [0.29, 0.717) is 23.8 Å². The molecule has 21 heavy (non-hydrogen) atoms. The summed E-state index contributed by atoms with van der Waals surface area (Å²) in [4.78, 5) is 21.0. The number of hydrogen-bond acceptors (Lipinski definition) is 5. The Labute approximate surface area is 121 Å². The fraction of sp³-hybridized carbons (Fsp3) is 0.286. The van der Waals surface area contributed by atoms with Gasteiger partial charge in [0.25, 0.3) is 5.56 Å². The number of pyridine rings is 1. The van der Waals surface area contributed by atoms with E-state index in [4.69, 9.17) is 0 Å². The van der Waals surface area contributed by atoms with Gasteiger partial charge in [0.15, 0.2) is 11.5 Å². The molecular formula is C14H16N6O. The van der Waals surface area contributed by atoms with Crippen molar-refractivity contribution in [3.8, 4) is 0 Å². The number of fused-ring (bicyclic) bond motifs is 1. The lowest BCUT2D eigenvalue weighted by Gasteiger charge is -2.08. The molecule has 0 bridgehead atoms. The molecule has 0 aliphatic heterocycles. The topological polar surface area (TPSA) is 77.6 Å². The number of nitrogens with zero attached hydrogens (tertiary/aromatic N) is 5. The van der Waals surface area contributed by atoms with Crippen molar-refractivity contribution < 1.29 is 0 Å². The monoisotopic (exact) mass is 284 g/mol. The second-order valence-electron chi connectivity index (χ2n) is 4.87. The van der Waals surface area contributed by atoms with Crippen LogP contribution in [0.4, 0.5) is 5.82 Å². The molecule has 0 aliphatic carbocycles. The van der Waals surface area contributed by atoms with Gasteiger partial charge in [-0.2, -0.15) is 5.10 Å². The molecule has 108 valence electrons. The normalized spacial score (nSPS) is 11.0. The highest BCUT2D eigenvalue weighted by molar-refractivity contribution is 5.86. The first-order chi connectivity index (χ1) is 10.1. The Morgan fingerprint density at radius 2 is 2.14 bits per heavy atom. The second-order valence-corrected chi connectivity index (χ2v) is 4.87. The molecule has 3 aromatic rings. The average molecular weight is 284 g/mol. The Hall–Kier alpha value is -2.70. The number of nitrogens with one attached hydrogen (secondary N) is 1. The second kappa shape index (κ2) is 5.01. The summed E-state index contributed by atoms with van der Waals surface area (Å²) in [7, 11) is 3.63. The van der Waals surface area contributed by atoms with Crippen LogP contribution in [0.25, 0.3) is 11.0 Å². The molecular weight excluding hydrogens is 268 g/mol. The van der Waals surface area contributed by atoms with Crippen LogP contribution in [0.15, 0.2) is 29.3 Å². The lowest BCUT2D eigenvalue weighted by atomic mass is 10.3. The van der Waals surface area contributed by atoms with Crippen LogP contribution in [0.5, 0.6) is 0 Å². The van der Waals surface area contributed by atoms with Crippen LogP contribution in [-0.2, 0) is 13.6 Å². The van der Waals surface area contributed by atoms with Crippen LogP contribution in [0.1, 0.15) is 11.4 Å². The Morgan fingerprint density at radius 3 is 2.90 bits per heavy atom. The van der Waals surface area contributed by atoms with Gasteiger partial charge in [-0.15, -0.1) is 0 Å². The largest absolute Gasteiger partial charge is 0.372 e. The van der Waals surface area contributed by atoms with Crippen LogP contribution >= 0.6 is 0 Å². The Kier molecular flexibility index (Phi) is 3.17. The van der Waals surface area contributed by atoms with Gasteiger partial charge in [-0.1, -0.05) is 6.07 Å². The molecule has 3 rings (SSSR count). The van der Waals surface area contributed by atoms with Gasteiger partial charge in [0, 0.05) is 25.9 Å². The third kappa shape index (κ3) is 2.26. The van der Waals surface area contributed by atoms with Crippen molar-refractivity contribution in [1.82, 2.24) is 24.3 Å². The van der Waals surface area contributed by atoms with E-state index in [-0.39, 0.29) is 5.56 Å². The van der Waals surface area contributed by atoms with E-state index in [2.05, 4.69) is 20.4 Å². The molecule has 0 atom stereocenters. The fourth-order valence-corrected chi connectivity index (χ4v) is 2.26. The van der Waals surface area contributed by atoms with Crippen LogP contribution < -0.4 is 10.9 Å². The zero-order valence-electron chi connectivity index (χ0n) is 12.2. The molecule has 0 spiro atoms. The van der Waals surface area contributed by atoms with Gasteiger partial charge >= 0.3 is 0 Å². The van der Waals surface area contributed by atoms with Gasteiger partial charge in [0.1, 0.15) is 5.82 Å². The SMILES string of the molecule is CNc1nc(Cn2cccc(C)c2=O)nc2c1cnn2C. The van der Waals surface area contributed by atoms with E-state index in [1.165, 1.54) is 0 Å². The van der Waals surface area contributed by atoms with Gasteiger partial charge < -0.3 is 9.88 Å². The predicted octanol–water partition coefficient (Wildman–Crippen LogP) is 0.923. The Bertz CT molecular complexity index is 864. The van der Waals surface area contributed by atoms with Gasteiger partial charge in [-0.05, 0) is 13.0 Å². The van der Waals surface area contributed by atoms with Crippen LogP contribution in [-0.4, -0.2) is 31.4 Å². The molecule has 0 amide bonds. The minimum atomic E-state index is -0.0304. The van der Waals surface area contributed by atoms with E-state index in [1.807, 2.05) is 13.1 Å². The van der Waals surface area contributed by atoms with Crippen molar-refractivity contribution in [1.29, 1.82) is 0 Å². The Balaban J connectivity index is 2.10. The minimum Gasteiger partial charge on any atom is -0.372 e. The van der Waals surface area contributed by atoms with Crippen molar-refractivity contribution in [2.75, 3.05) is 12.4 Å². The first kappa shape index (κ1) is 13.3. The molecule has 0 fully saturated rings. The van der Waals surface area contributed by atoms with E-state index in [0.717, 1.165) is 11.0 Å². The van der Waals surface area contributed by atoms with Crippen molar-refractivity contribution in [3.05, 3.63) is 46.3 Å². The summed E-state index contributed by atoms with van der Waals surface area (Å²) in [5.74, 6) is 1.28. The summed E-state index contributed by atoms with van der Waals surface area (Å²) in [6.45, 7) is 2.12. The van der Waals surface area contributed by atoms with E-state index in [1.54, 1.807) is 41.7 Å². The van der Waals surface area contributed by atoms with Crippen LogP contribution in [0.2, 0.25) is 0 Å². The molecule has 1 N–H and O–H groups in total. The van der Waals surface area contributed by atoms with Crippen molar-refractivity contribution >= 4 is 16.9 Å². The number of hydrogen-bond donors (Lipinski definition) is 1. The Morgan fingerprint density at radius 1 is 1.33 bits per heavy atom. The lowest BCUT2D eigenvalue weighted by molar-refractivity contribution is 0.707. The fourth-order valence-electron chi connectivity index (χ4n) is 2.26. The molecule has 0 aromatic carbocycles. The maximum absolute atomic E-state index is 12.1. The van der Waals surface area contributed by atoms with E-state index in [9.17, 15) is 4.79 Å². The van der Waals surface area contributed by atoms with Gasteiger partial charge in [0.05, 0.1) is 18.1 Å². The number of anilines is 1. The first-order valence-corrected chi connectivity index (χ1v) is 6.62. The number of aryl methyl sites for hydroxylation is 2. The molecule has 7 nitrogen and oxygen atoms in total. The van der Waals surface area contributed by atoms with Crippen molar-refractivity contribution in [2.45, 2.75) is 13.5 Å². The summed E-state index contributed by atoms with van der Waals surface area (Å²) >= 11 is 0. The maximum Gasteiger partial charge on any atom is 0.253 e. The zero-order valence-corrected chi connectivity index (χ0v) is 12.2. The summed E-state index contributed by atoms with van der Waals surface area (Å²) in [6, 6.07) is 3.64. The van der Waals surface area contributed by atoms with Gasteiger partial charge in [0.2, 0.25) is 0 Å². The highest BCUT2D eigenvalue weighted by Crippen LogP contribution is 2.19. The molecule has 0 saturated carbocycles. The summed E-state index contributed by atoms with van der Waals surface area (Å²) in [5, 5.41) is 8.09. The highest BCUT2D eigenvalue weighted by Gasteiger charge is 2.11. The maximum atomic E-state index is 12.1. The van der Waals surface area contributed by atoms with Gasteiger partial charge in [-0.3, -0.25) is 9.48 Å². The lowest BCUT2D eigenvalue weighted by Crippen LogP contribution is -2.22. The van der Waals surface area contributed by atoms with Crippen molar-refractivity contribution in [2.24, 2.45) is 7.05 Å². The molecule has 3 heterocycles. The van der Waals surface area contributed by atoms with Crippen LogP contribution in [0, 0.1) is 6.92 Å². The standard InChI is InChI=1S/C14H16N6O/c1-9-5-4-6-20(14(9)21)8-11-17-12(15-2)10-7-16-19(3)13(10)18-11/h4-7H,8H2,1-3H3,(H,15,17,18). The summed E-state index contributed by atoms with van der Waals surface area (Å²) in [5.41, 5.74) is 1.41. The van der Waals surface area contributed by atoms with Gasteiger partial charge in [-0.25, -0.2) is 9.97 Å². The highest BCUT2D eigenvalue weighted by atomic mass is 16.1. The molecule has 7 heteroatoms. The first-order valence-electron chi connectivity index (χ1n) is 6.62. The minimum absolute atomic E-state index is 0.0304. The molecule has 3 aromatic heterocycles. The molecule has 0 aliphatic rings.